The number of aromatic amines is 1. The highest BCUT2D eigenvalue weighted by Crippen LogP contribution is 2.30. The Hall–Kier alpha value is -3.98. The third-order valence-electron chi connectivity index (χ3n) is 4.52. The number of halogens is 3. The molecule has 0 radical (unpaired) electrons. The zero-order valence-corrected chi connectivity index (χ0v) is 16.5. The lowest BCUT2D eigenvalue weighted by molar-refractivity contribution is -0.144. The molecule has 0 bridgehead atoms. The molecule has 4 aromatic rings. The maximum Gasteiger partial charge on any atom is 0.431 e. The highest BCUT2D eigenvalue weighted by molar-refractivity contribution is 7.13. The number of hydrogen-bond acceptors (Lipinski definition) is 6. The molecule has 0 atom stereocenters. The first-order valence-corrected chi connectivity index (χ1v) is 9.38. The van der Waals surface area contributed by atoms with Gasteiger partial charge in [-0.25, -0.2) is 14.3 Å². The number of benzene rings is 1. The normalized spacial score (nSPS) is 12.3. The van der Waals surface area contributed by atoms with E-state index in [1.807, 2.05) is 6.07 Å². The van der Waals surface area contributed by atoms with Crippen LogP contribution in [0.1, 0.15) is 17.1 Å². The zero-order chi connectivity index (χ0) is 22.3. The third kappa shape index (κ3) is 3.55. The minimum Gasteiger partial charge on any atom is -0.345 e. The molecule has 3 aromatic heterocycles. The molecule has 0 saturated carbocycles. The minimum atomic E-state index is -4.85. The van der Waals surface area contributed by atoms with Gasteiger partial charge >= 0.3 is 11.9 Å². The van der Waals surface area contributed by atoms with Gasteiger partial charge in [-0.1, -0.05) is 0 Å². The molecule has 12 heteroatoms. The van der Waals surface area contributed by atoms with Crippen LogP contribution in [0, 0.1) is 11.3 Å². The molecule has 1 aromatic carbocycles. The lowest BCUT2D eigenvalue weighted by atomic mass is 10.1. The van der Waals surface area contributed by atoms with Crippen molar-refractivity contribution in [2.75, 3.05) is 0 Å². The molecule has 0 fully saturated rings. The number of H-pyrrole nitrogens is 1. The standard InChI is InChI=1S/C19H11F3N6O2S/c1-27-15(19(20,21)22)6-16(29)28(18(27)30)12-2-3-14-13(5-12)17(26-31-14)10(7-23)4-11-8-24-9-25-11/h2-6,8-9H,1H3,(H,24,25). The first-order chi connectivity index (χ1) is 14.7. The van der Waals surface area contributed by atoms with Crippen LogP contribution in [0.3, 0.4) is 0 Å². The second kappa shape index (κ2) is 7.37. The van der Waals surface area contributed by atoms with Crippen LogP contribution < -0.4 is 11.2 Å². The molecule has 0 saturated heterocycles. The lowest BCUT2D eigenvalue weighted by Crippen LogP contribution is -2.40. The summed E-state index contributed by atoms with van der Waals surface area (Å²) in [7, 11) is 0.943. The molecular weight excluding hydrogens is 433 g/mol. The molecule has 8 nitrogen and oxygen atoms in total. The van der Waals surface area contributed by atoms with E-state index in [0.717, 1.165) is 18.6 Å². The molecule has 0 aliphatic rings. The second-order valence-corrected chi connectivity index (χ2v) is 7.24. The molecule has 4 rings (SSSR count). The molecule has 3 heterocycles. The van der Waals surface area contributed by atoms with Crippen molar-refractivity contribution in [2.24, 2.45) is 7.05 Å². The summed E-state index contributed by atoms with van der Waals surface area (Å²) < 4.78 is 45.2. The first-order valence-electron chi connectivity index (χ1n) is 8.61. The average molecular weight is 444 g/mol. The van der Waals surface area contributed by atoms with E-state index in [1.165, 1.54) is 30.7 Å². The van der Waals surface area contributed by atoms with E-state index in [9.17, 15) is 28.0 Å². The van der Waals surface area contributed by atoms with Crippen molar-refractivity contribution < 1.29 is 13.2 Å². The number of hydrogen-bond donors (Lipinski definition) is 1. The van der Waals surface area contributed by atoms with Gasteiger partial charge in [-0.3, -0.25) is 9.36 Å². The van der Waals surface area contributed by atoms with Crippen molar-refractivity contribution in [2.45, 2.75) is 6.18 Å². The number of alkyl halides is 3. The Kier molecular flexibility index (Phi) is 4.82. The quantitative estimate of drug-likeness (QED) is 0.489. The van der Waals surface area contributed by atoms with Gasteiger partial charge in [0.2, 0.25) is 0 Å². The highest BCUT2D eigenvalue weighted by Gasteiger charge is 2.35. The van der Waals surface area contributed by atoms with Gasteiger partial charge in [0.05, 0.1) is 34.2 Å². The number of aromatic nitrogens is 5. The predicted molar refractivity (Wildman–Crippen MR) is 108 cm³/mol. The van der Waals surface area contributed by atoms with E-state index in [1.54, 1.807) is 6.07 Å². The number of nitrogens with zero attached hydrogens (tertiary/aromatic N) is 5. The fourth-order valence-corrected chi connectivity index (χ4v) is 3.82. The van der Waals surface area contributed by atoms with E-state index >= 15 is 0 Å². The van der Waals surface area contributed by atoms with Gasteiger partial charge in [0.25, 0.3) is 5.56 Å². The Balaban J connectivity index is 1.92. The summed E-state index contributed by atoms with van der Waals surface area (Å²) in [6.45, 7) is 0. The summed E-state index contributed by atoms with van der Waals surface area (Å²) >= 11 is 1.10. The molecule has 156 valence electrons. The molecule has 0 aliphatic heterocycles. The fraction of sp³-hybridized carbons (Fsp3) is 0.105. The molecule has 0 aliphatic carbocycles. The number of allylic oxidation sites excluding steroid dienone is 1. The fourth-order valence-electron chi connectivity index (χ4n) is 3.05. The molecule has 1 N–H and O–H groups in total. The van der Waals surface area contributed by atoms with Crippen LogP contribution in [0.15, 0.2) is 46.4 Å². The molecule has 0 amide bonds. The number of imidazole rings is 1. The number of nitrogens with one attached hydrogen (secondary N) is 1. The molecule has 31 heavy (non-hydrogen) atoms. The first kappa shape index (κ1) is 20.3. The summed E-state index contributed by atoms with van der Waals surface area (Å²) in [5.41, 5.74) is -2.44. The Morgan fingerprint density at radius 1 is 1.29 bits per heavy atom. The SMILES string of the molecule is Cn1c(C(F)(F)F)cc(=O)n(-c2ccc3snc(C(C#N)=Cc4cnc[nH]4)c3c2)c1=O. The Labute approximate surface area is 175 Å². The van der Waals surface area contributed by atoms with E-state index in [0.29, 0.717) is 36.7 Å². The van der Waals surface area contributed by atoms with Gasteiger partial charge in [0, 0.05) is 18.5 Å². The topological polar surface area (TPSA) is 109 Å². The zero-order valence-electron chi connectivity index (χ0n) is 15.6. The van der Waals surface area contributed by atoms with Gasteiger partial charge < -0.3 is 4.98 Å². The summed E-state index contributed by atoms with van der Waals surface area (Å²) in [5, 5.41) is 10.0. The van der Waals surface area contributed by atoms with Crippen molar-refractivity contribution >= 4 is 33.3 Å². The summed E-state index contributed by atoms with van der Waals surface area (Å²) in [5.74, 6) is 0. The van der Waals surface area contributed by atoms with Gasteiger partial charge in [-0.05, 0) is 35.8 Å². The maximum atomic E-state index is 13.1. The number of rotatable bonds is 3. The Morgan fingerprint density at radius 2 is 2.06 bits per heavy atom. The summed E-state index contributed by atoms with van der Waals surface area (Å²) in [6, 6.07) is 6.89. The Morgan fingerprint density at radius 3 is 2.71 bits per heavy atom. The molecular formula is C19H11F3N6O2S. The van der Waals surface area contributed by atoms with Crippen LogP contribution in [0.25, 0.3) is 27.4 Å². The smallest absolute Gasteiger partial charge is 0.345 e. The van der Waals surface area contributed by atoms with E-state index in [-0.39, 0.29) is 11.3 Å². The second-order valence-electron chi connectivity index (χ2n) is 6.43. The lowest BCUT2D eigenvalue weighted by Gasteiger charge is -2.14. The van der Waals surface area contributed by atoms with E-state index < -0.39 is 23.1 Å². The summed E-state index contributed by atoms with van der Waals surface area (Å²) in [6.07, 6.45) is -0.342. The van der Waals surface area contributed by atoms with Gasteiger partial charge in [0.1, 0.15) is 17.5 Å². The largest absolute Gasteiger partial charge is 0.431 e. The average Bonchev–Trinajstić information content (AvgIpc) is 3.37. The van der Waals surface area contributed by atoms with Crippen molar-refractivity contribution in [1.29, 1.82) is 5.26 Å². The van der Waals surface area contributed by atoms with Crippen LogP contribution in [0.5, 0.6) is 0 Å². The van der Waals surface area contributed by atoms with Crippen LogP contribution in [0.2, 0.25) is 0 Å². The third-order valence-corrected chi connectivity index (χ3v) is 5.34. The van der Waals surface area contributed by atoms with E-state index in [2.05, 4.69) is 14.3 Å². The van der Waals surface area contributed by atoms with Crippen molar-refractivity contribution in [3.63, 3.8) is 0 Å². The molecule has 0 spiro atoms. The number of nitriles is 1. The maximum absolute atomic E-state index is 13.1. The van der Waals surface area contributed by atoms with Crippen molar-refractivity contribution in [3.8, 4) is 11.8 Å². The summed E-state index contributed by atoms with van der Waals surface area (Å²) in [4.78, 5) is 31.7. The van der Waals surface area contributed by atoms with Crippen LogP contribution in [0.4, 0.5) is 13.2 Å². The van der Waals surface area contributed by atoms with Crippen molar-refractivity contribution in [3.05, 3.63) is 74.7 Å². The number of fused-ring (bicyclic) bond motifs is 1. The van der Waals surface area contributed by atoms with Gasteiger partial charge in [-0.15, -0.1) is 0 Å². The van der Waals surface area contributed by atoms with Crippen LogP contribution in [-0.4, -0.2) is 23.5 Å². The van der Waals surface area contributed by atoms with Gasteiger partial charge in [-0.2, -0.15) is 22.8 Å². The Bertz CT molecular complexity index is 1490. The highest BCUT2D eigenvalue weighted by atomic mass is 32.1. The van der Waals surface area contributed by atoms with E-state index in [4.69, 9.17) is 0 Å². The van der Waals surface area contributed by atoms with Crippen molar-refractivity contribution in [1.82, 2.24) is 23.5 Å². The predicted octanol–water partition coefficient (Wildman–Crippen LogP) is 2.95. The van der Waals surface area contributed by atoms with Gasteiger partial charge in [0.15, 0.2) is 0 Å². The minimum absolute atomic E-state index is 0.0621. The molecule has 0 unspecified atom stereocenters. The van der Waals surface area contributed by atoms with Crippen LogP contribution >= 0.6 is 11.5 Å². The van der Waals surface area contributed by atoms with Crippen LogP contribution in [-0.2, 0) is 13.2 Å². The monoisotopic (exact) mass is 444 g/mol.